The Morgan fingerprint density at radius 1 is 1.00 bits per heavy atom. The molecule has 1 N–H and O–H groups in total. The molecule has 4 heteroatoms. The first-order valence-electron chi connectivity index (χ1n) is 5.00. The fraction of sp³-hybridized carbons (Fsp3) is 0. The molecule has 2 aromatic rings. The molecule has 2 aromatic carbocycles. The molecule has 3 nitrogen and oxygen atoms in total. The van der Waals surface area contributed by atoms with Gasteiger partial charge in [0.1, 0.15) is 5.82 Å². The molecule has 0 bridgehead atoms. The van der Waals surface area contributed by atoms with Crippen molar-refractivity contribution in [2.75, 3.05) is 5.32 Å². The Morgan fingerprint density at radius 2 is 1.65 bits per heavy atom. The van der Waals surface area contributed by atoms with Crippen LogP contribution in [-0.2, 0) is 4.79 Å². The molecule has 0 amide bonds. The van der Waals surface area contributed by atoms with Crippen LogP contribution in [0.5, 0.6) is 0 Å². The van der Waals surface area contributed by atoms with Crippen LogP contribution in [0, 0.1) is 5.82 Å². The van der Waals surface area contributed by atoms with Gasteiger partial charge < -0.3 is 5.32 Å². The van der Waals surface area contributed by atoms with Crippen LogP contribution in [0.3, 0.4) is 0 Å². The van der Waals surface area contributed by atoms with Crippen LogP contribution in [0.1, 0.15) is 0 Å². The van der Waals surface area contributed by atoms with E-state index in [-0.39, 0.29) is 5.82 Å². The zero-order valence-electron chi connectivity index (χ0n) is 8.85. The molecule has 0 saturated carbocycles. The van der Waals surface area contributed by atoms with E-state index in [0.717, 1.165) is 0 Å². The zero-order valence-corrected chi connectivity index (χ0v) is 8.85. The molecule has 0 aliphatic carbocycles. The van der Waals surface area contributed by atoms with E-state index >= 15 is 0 Å². The minimum atomic E-state index is -0.364. The van der Waals surface area contributed by atoms with Gasteiger partial charge in [-0.05, 0) is 24.3 Å². The van der Waals surface area contributed by atoms with E-state index in [1.807, 2.05) is 0 Å². The van der Waals surface area contributed by atoms with E-state index in [1.165, 1.54) is 12.1 Å². The molecular weight excluding hydrogens is 219 g/mol. The van der Waals surface area contributed by atoms with Crippen LogP contribution in [0.25, 0.3) is 0 Å². The molecule has 0 fully saturated rings. The van der Waals surface area contributed by atoms with Crippen molar-refractivity contribution < 1.29 is 9.18 Å². The van der Waals surface area contributed by atoms with E-state index in [9.17, 15) is 9.18 Å². The van der Waals surface area contributed by atoms with Crippen LogP contribution in [0.2, 0.25) is 0 Å². The van der Waals surface area contributed by atoms with Gasteiger partial charge in [0.25, 0.3) is 0 Å². The number of rotatable bonds is 3. The standard InChI is InChI=1S/C13H9FN2O/c14-10-5-1-2-6-11(10)16-13-8-4-3-7-12(13)15-9-17/h1-8,16H. The summed E-state index contributed by atoms with van der Waals surface area (Å²) in [6.07, 6.45) is 1.47. The minimum absolute atomic E-state index is 0.334. The highest BCUT2D eigenvalue weighted by atomic mass is 19.1. The molecule has 0 atom stereocenters. The third kappa shape index (κ3) is 2.56. The number of benzene rings is 2. The molecule has 0 aliphatic rings. The predicted molar refractivity (Wildman–Crippen MR) is 63.9 cm³/mol. The number of aliphatic imine (C=N–C) groups is 1. The summed E-state index contributed by atoms with van der Waals surface area (Å²) in [4.78, 5) is 13.8. The van der Waals surface area contributed by atoms with Gasteiger partial charge in [-0.25, -0.2) is 9.18 Å². The van der Waals surface area contributed by atoms with Crippen LogP contribution >= 0.6 is 0 Å². The number of nitrogens with one attached hydrogen (secondary N) is 1. The van der Waals surface area contributed by atoms with E-state index in [4.69, 9.17) is 0 Å². The van der Waals surface area contributed by atoms with Gasteiger partial charge in [-0.2, -0.15) is 4.99 Å². The molecule has 0 saturated heterocycles. The summed E-state index contributed by atoms with van der Waals surface area (Å²) in [5.41, 5.74) is 1.31. The average molecular weight is 228 g/mol. The van der Waals surface area contributed by atoms with E-state index < -0.39 is 0 Å². The van der Waals surface area contributed by atoms with Gasteiger partial charge >= 0.3 is 0 Å². The second-order valence-electron chi connectivity index (χ2n) is 3.33. The maximum atomic E-state index is 13.4. The Bertz CT molecular complexity index is 577. The maximum Gasteiger partial charge on any atom is 0.240 e. The Hall–Kier alpha value is -2.45. The lowest BCUT2D eigenvalue weighted by Crippen LogP contribution is -1.93. The lowest BCUT2D eigenvalue weighted by Gasteiger charge is -2.08. The number of hydrogen-bond donors (Lipinski definition) is 1. The number of isocyanates is 1. The van der Waals surface area contributed by atoms with Crippen molar-refractivity contribution in [2.45, 2.75) is 0 Å². The second-order valence-corrected chi connectivity index (χ2v) is 3.33. The van der Waals surface area contributed by atoms with Crippen LogP contribution in [0.4, 0.5) is 21.5 Å². The van der Waals surface area contributed by atoms with Gasteiger partial charge in [-0.1, -0.05) is 24.3 Å². The van der Waals surface area contributed by atoms with Crippen molar-refractivity contribution in [1.82, 2.24) is 0 Å². The monoisotopic (exact) mass is 228 g/mol. The van der Waals surface area contributed by atoms with E-state index in [1.54, 1.807) is 42.5 Å². The fourth-order valence-electron chi connectivity index (χ4n) is 1.43. The number of para-hydroxylation sites is 3. The number of anilines is 2. The van der Waals surface area contributed by atoms with E-state index in [2.05, 4.69) is 10.3 Å². The van der Waals surface area contributed by atoms with Gasteiger partial charge in [0.05, 0.1) is 17.1 Å². The van der Waals surface area contributed by atoms with Gasteiger partial charge in [0, 0.05) is 0 Å². The van der Waals surface area contributed by atoms with Crippen molar-refractivity contribution >= 4 is 23.1 Å². The molecule has 17 heavy (non-hydrogen) atoms. The summed E-state index contributed by atoms with van der Waals surface area (Å²) in [6, 6.07) is 13.2. The van der Waals surface area contributed by atoms with Crippen molar-refractivity contribution in [2.24, 2.45) is 4.99 Å². The molecule has 0 heterocycles. The molecule has 0 aromatic heterocycles. The topological polar surface area (TPSA) is 41.5 Å². The molecule has 0 radical (unpaired) electrons. The lowest BCUT2D eigenvalue weighted by atomic mass is 10.2. The molecular formula is C13H9FN2O. The normalized spacial score (nSPS) is 9.47. The van der Waals surface area contributed by atoms with Crippen molar-refractivity contribution in [1.29, 1.82) is 0 Å². The number of halogens is 1. The SMILES string of the molecule is O=C=Nc1ccccc1Nc1ccccc1F. The molecule has 2 rings (SSSR count). The van der Waals surface area contributed by atoms with Crippen molar-refractivity contribution in [3.63, 3.8) is 0 Å². The Morgan fingerprint density at radius 3 is 2.35 bits per heavy atom. The summed E-state index contributed by atoms with van der Waals surface area (Å²) >= 11 is 0. The van der Waals surface area contributed by atoms with Crippen LogP contribution in [0.15, 0.2) is 53.5 Å². The smallest absolute Gasteiger partial charge is 0.240 e. The highest BCUT2D eigenvalue weighted by molar-refractivity contribution is 5.73. The number of carbonyl (C=O) groups excluding carboxylic acids is 1. The van der Waals surface area contributed by atoms with Gasteiger partial charge in [0.15, 0.2) is 0 Å². The summed E-state index contributed by atoms with van der Waals surface area (Å²) in [7, 11) is 0. The first kappa shape index (κ1) is 11.0. The molecule has 0 unspecified atom stereocenters. The van der Waals surface area contributed by atoms with Crippen molar-refractivity contribution in [3.05, 3.63) is 54.3 Å². The average Bonchev–Trinajstić information content (AvgIpc) is 2.35. The van der Waals surface area contributed by atoms with Crippen molar-refractivity contribution in [3.8, 4) is 0 Å². The number of hydrogen-bond acceptors (Lipinski definition) is 3. The van der Waals surface area contributed by atoms with Crippen LogP contribution < -0.4 is 5.32 Å². The molecule has 0 aliphatic heterocycles. The Labute approximate surface area is 97.6 Å². The highest BCUT2D eigenvalue weighted by Gasteiger charge is 2.04. The Balaban J connectivity index is 2.36. The summed E-state index contributed by atoms with van der Waals surface area (Å²) in [6.45, 7) is 0. The summed E-state index contributed by atoms with van der Waals surface area (Å²) in [5.74, 6) is -0.364. The summed E-state index contributed by atoms with van der Waals surface area (Å²) < 4.78 is 13.4. The van der Waals surface area contributed by atoms with Gasteiger partial charge in [0.2, 0.25) is 6.08 Å². The van der Waals surface area contributed by atoms with Crippen LogP contribution in [-0.4, -0.2) is 6.08 Å². The summed E-state index contributed by atoms with van der Waals surface area (Å²) in [5, 5.41) is 2.88. The maximum absolute atomic E-state index is 13.4. The Kier molecular flexibility index (Phi) is 3.28. The second kappa shape index (κ2) is 5.05. The van der Waals surface area contributed by atoms with E-state index in [0.29, 0.717) is 17.1 Å². The predicted octanol–water partition coefficient (Wildman–Crippen LogP) is 3.54. The zero-order chi connectivity index (χ0) is 12.1. The fourth-order valence-corrected chi connectivity index (χ4v) is 1.43. The number of nitrogens with zero attached hydrogens (tertiary/aromatic N) is 1. The molecule has 0 spiro atoms. The third-order valence-corrected chi connectivity index (χ3v) is 2.21. The third-order valence-electron chi connectivity index (χ3n) is 2.21. The minimum Gasteiger partial charge on any atom is -0.351 e. The largest absolute Gasteiger partial charge is 0.351 e. The van der Waals surface area contributed by atoms with Gasteiger partial charge in [-0.15, -0.1) is 0 Å². The quantitative estimate of drug-likeness (QED) is 0.644. The lowest BCUT2D eigenvalue weighted by molar-refractivity contribution is 0.565. The highest BCUT2D eigenvalue weighted by Crippen LogP contribution is 2.28. The first-order chi connectivity index (χ1) is 8.31. The molecule has 84 valence electrons. The first-order valence-corrected chi connectivity index (χ1v) is 5.00. The van der Waals surface area contributed by atoms with Gasteiger partial charge in [-0.3, -0.25) is 0 Å².